The molecule has 94 valence electrons. The molecule has 4 heteroatoms. The van der Waals surface area contributed by atoms with E-state index in [0.29, 0.717) is 17.2 Å². The van der Waals surface area contributed by atoms with Crippen LogP contribution in [0, 0.1) is 0 Å². The molecule has 0 unspecified atom stereocenters. The highest BCUT2D eigenvalue weighted by atomic mass is 16.5. The zero-order valence-corrected chi connectivity index (χ0v) is 10.4. The Bertz CT molecular complexity index is 545. The van der Waals surface area contributed by atoms with Crippen molar-refractivity contribution in [3.8, 4) is 5.75 Å². The Kier molecular flexibility index (Phi) is 3.67. The molecule has 0 spiro atoms. The van der Waals surface area contributed by atoms with Crippen molar-refractivity contribution in [2.45, 2.75) is 13.3 Å². The van der Waals surface area contributed by atoms with Gasteiger partial charge in [-0.3, -0.25) is 4.79 Å². The number of carbonyl (C=O) groups is 1. The van der Waals surface area contributed by atoms with Gasteiger partial charge in [-0.05, 0) is 24.3 Å². The van der Waals surface area contributed by atoms with Gasteiger partial charge in [-0.2, -0.15) is 0 Å². The van der Waals surface area contributed by atoms with E-state index in [2.05, 4.69) is 5.32 Å². The third-order valence-corrected chi connectivity index (χ3v) is 2.56. The maximum Gasteiger partial charge on any atom is 0.291 e. The van der Waals surface area contributed by atoms with Crippen molar-refractivity contribution in [3.05, 3.63) is 47.9 Å². The van der Waals surface area contributed by atoms with Crippen LogP contribution in [0.2, 0.25) is 0 Å². The summed E-state index contributed by atoms with van der Waals surface area (Å²) in [6, 6.07) is 10.7. The van der Waals surface area contributed by atoms with Crippen LogP contribution < -0.4 is 10.1 Å². The molecular formula is C14H15NO3. The third kappa shape index (κ3) is 2.71. The van der Waals surface area contributed by atoms with Gasteiger partial charge in [0.15, 0.2) is 5.76 Å². The lowest BCUT2D eigenvalue weighted by molar-refractivity contribution is 0.0995. The summed E-state index contributed by atoms with van der Waals surface area (Å²) in [5.41, 5.74) is 0.675. The number of anilines is 1. The number of furan rings is 1. The van der Waals surface area contributed by atoms with Crippen LogP contribution in [0.1, 0.15) is 23.2 Å². The van der Waals surface area contributed by atoms with E-state index >= 15 is 0 Å². The molecule has 0 atom stereocenters. The molecule has 1 N–H and O–H groups in total. The standard InChI is InChI=1S/C14H15NO3/c1-3-11-7-8-13(18-11)14(16)15-10-5-4-6-12(9-10)17-2/h4-9H,3H2,1-2H3,(H,15,16). The molecular weight excluding hydrogens is 230 g/mol. The number of aryl methyl sites for hydroxylation is 1. The molecule has 4 nitrogen and oxygen atoms in total. The lowest BCUT2D eigenvalue weighted by Gasteiger charge is -2.05. The summed E-state index contributed by atoms with van der Waals surface area (Å²) < 4.78 is 10.5. The molecule has 1 aromatic heterocycles. The Morgan fingerprint density at radius 3 is 2.83 bits per heavy atom. The Balaban J connectivity index is 2.10. The summed E-state index contributed by atoms with van der Waals surface area (Å²) in [6.45, 7) is 1.97. The number of ether oxygens (including phenoxy) is 1. The van der Waals surface area contributed by atoms with Crippen molar-refractivity contribution in [1.82, 2.24) is 0 Å². The van der Waals surface area contributed by atoms with Gasteiger partial charge in [-0.25, -0.2) is 0 Å². The van der Waals surface area contributed by atoms with Gasteiger partial charge in [-0.1, -0.05) is 13.0 Å². The number of hydrogen-bond acceptors (Lipinski definition) is 3. The van der Waals surface area contributed by atoms with E-state index in [1.165, 1.54) is 0 Å². The third-order valence-electron chi connectivity index (χ3n) is 2.56. The van der Waals surface area contributed by atoms with Gasteiger partial charge in [0.25, 0.3) is 5.91 Å². The van der Waals surface area contributed by atoms with Crippen molar-refractivity contribution in [3.63, 3.8) is 0 Å². The Morgan fingerprint density at radius 1 is 1.33 bits per heavy atom. The smallest absolute Gasteiger partial charge is 0.291 e. The highest BCUT2D eigenvalue weighted by Crippen LogP contribution is 2.18. The van der Waals surface area contributed by atoms with Crippen LogP contribution in [-0.4, -0.2) is 13.0 Å². The summed E-state index contributed by atoms with van der Waals surface area (Å²) >= 11 is 0. The lowest BCUT2D eigenvalue weighted by atomic mass is 10.3. The number of amides is 1. The number of hydrogen-bond donors (Lipinski definition) is 1. The van der Waals surface area contributed by atoms with Crippen LogP contribution in [-0.2, 0) is 6.42 Å². The number of methoxy groups -OCH3 is 1. The quantitative estimate of drug-likeness (QED) is 0.900. The molecule has 1 amide bonds. The number of nitrogens with one attached hydrogen (secondary N) is 1. The van der Waals surface area contributed by atoms with Crippen LogP contribution in [0.4, 0.5) is 5.69 Å². The summed E-state index contributed by atoms with van der Waals surface area (Å²) in [5.74, 6) is 1.55. The molecule has 0 aliphatic rings. The molecule has 0 saturated heterocycles. The fourth-order valence-corrected chi connectivity index (χ4v) is 1.58. The molecule has 18 heavy (non-hydrogen) atoms. The fraction of sp³-hybridized carbons (Fsp3) is 0.214. The number of benzene rings is 1. The van der Waals surface area contributed by atoms with E-state index in [4.69, 9.17) is 9.15 Å². The minimum Gasteiger partial charge on any atom is -0.497 e. The van der Waals surface area contributed by atoms with Crippen molar-refractivity contribution < 1.29 is 13.9 Å². The second kappa shape index (κ2) is 5.40. The normalized spacial score (nSPS) is 10.1. The van der Waals surface area contributed by atoms with Gasteiger partial charge in [0.05, 0.1) is 7.11 Å². The van der Waals surface area contributed by atoms with Gasteiger partial charge in [0.2, 0.25) is 0 Å². The van der Waals surface area contributed by atoms with E-state index in [1.54, 1.807) is 31.4 Å². The summed E-state index contributed by atoms with van der Waals surface area (Å²) in [6.07, 6.45) is 0.770. The van der Waals surface area contributed by atoms with Crippen molar-refractivity contribution in [2.24, 2.45) is 0 Å². The van der Waals surface area contributed by atoms with Crippen molar-refractivity contribution in [2.75, 3.05) is 12.4 Å². The van der Waals surface area contributed by atoms with Gasteiger partial charge >= 0.3 is 0 Å². The summed E-state index contributed by atoms with van der Waals surface area (Å²) in [4.78, 5) is 11.9. The molecule has 1 aromatic carbocycles. The minimum absolute atomic E-state index is 0.261. The highest BCUT2D eigenvalue weighted by Gasteiger charge is 2.11. The van der Waals surface area contributed by atoms with Gasteiger partial charge in [0, 0.05) is 18.2 Å². The molecule has 0 aliphatic carbocycles. The van der Waals surface area contributed by atoms with Gasteiger partial charge < -0.3 is 14.5 Å². The first-order valence-corrected chi connectivity index (χ1v) is 5.77. The lowest BCUT2D eigenvalue weighted by Crippen LogP contribution is -2.10. The van der Waals surface area contributed by atoms with E-state index in [-0.39, 0.29) is 5.91 Å². The van der Waals surface area contributed by atoms with Crippen molar-refractivity contribution in [1.29, 1.82) is 0 Å². The Hall–Kier alpha value is -2.23. The second-order valence-electron chi connectivity index (χ2n) is 3.81. The predicted octanol–water partition coefficient (Wildman–Crippen LogP) is 3.10. The molecule has 0 aliphatic heterocycles. The maximum absolute atomic E-state index is 11.9. The molecule has 0 bridgehead atoms. The average Bonchev–Trinajstić information content (AvgIpc) is 2.88. The van der Waals surface area contributed by atoms with E-state index in [9.17, 15) is 4.79 Å². The van der Waals surface area contributed by atoms with Gasteiger partial charge in [-0.15, -0.1) is 0 Å². The Labute approximate surface area is 106 Å². The van der Waals surface area contributed by atoms with Crippen LogP contribution in [0.3, 0.4) is 0 Å². The fourth-order valence-electron chi connectivity index (χ4n) is 1.58. The molecule has 0 saturated carbocycles. The second-order valence-corrected chi connectivity index (χ2v) is 3.81. The zero-order chi connectivity index (χ0) is 13.0. The van der Waals surface area contributed by atoms with E-state index in [0.717, 1.165) is 12.2 Å². The predicted molar refractivity (Wildman–Crippen MR) is 69.0 cm³/mol. The van der Waals surface area contributed by atoms with Crippen LogP contribution in [0.5, 0.6) is 5.75 Å². The first kappa shape index (κ1) is 12.2. The van der Waals surface area contributed by atoms with Crippen LogP contribution in [0.25, 0.3) is 0 Å². The summed E-state index contributed by atoms with van der Waals surface area (Å²) in [7, 11) is 1.58. The highest BCUT2D eigenvalue weighted by molar-refractivity contribution is 6.02. The SMILES string of the molecule is CCc1ccc(C(=O)Nc2cccc(OC)c2)o1. The molecule has 1 heterocycles. The molecule has 2 aromatic rings. The summed E-state index contributed by atoms with van der Waals surface area (Å²) in [5, 5.41) is 2.76. The minimum atomic E-state index is -0.261. The topological polar surface area (TPSA) is 51.5 Å². The first-order valence-electron chi connectivity index (χ1n) is 5.77. The van der Waals surface area contributed by atoms with E-state index in [1.807, 2.05) is 19.1 Å². The number of rotatable bonds is 4. The van der Waals surface area contributed by atoms with Gasteiger partial charge in [0.1, 0.15) is 11.5 Å². The van der Waals surface area contributed by atoms with Crippen molar-refractivity contribution >= 4 is 11.6 Å². The molecule has 2 rings (SSSR count). The zero-order valence-electron chi connectivity index (χ0n) is 10.4. The number of carbonyl (C=O) groups excluding carboxylic acids is 1. The Morgan fingerprint density at radius 2 is 2.17 bits per heavy atom. The van der Waals surface area contributed by atoms with E-state index < -0.39 is 0 Å². The maximum atomic E-state index is 11.9. The monoisotopic (exact) mass is 245 g/mol. The molecule has 0 fully saturated rings. The average molecular weight is 245 g/mol. The van der Waals surface area contributed by atoms with Crippen LogP contribution in [0.15, 0.2) is 40.8 Å². The first-order chi connectivity index (χ1) is 8.72. The molecule has 0 radical (unpaired) electrons. The van der Waals surface area contributed by atoms with Crippen LogP contribution >= 0.6 is 0 Å². The largest absolute Gasteiger partial charge is 0.497 e.